The molecule has 58 heavy (non-hydrogen) atoms. The Labute approximate surface area is 339 Å². The molecule has 4 fully saturated rings. The van der Waals surface area contributed by atoms with Crippen LogP contribution < -0.4 is 15.4 Å². The highest BCUT2D eigenvalue weighted by molar-refractivity contribution is 5.99. The molecule has 2 aromatic rings. The summed E-state index contributed by atoms with van der Waals surface area (Å²) in [5.41, 5.74) is 1.28. The average Bonchev–Trinajstić information content (AvgIpc) is 3.70. The molecular weight excluding hydrogens is 750 g/mol. The summed E-state index contributed by atoms with van der Waals surface area (Å²) in [6.07, 6.45) is 3.26. The van der Waals surface area contributed by atoms with E-state index in [0.29, 0.717) is 50.0 Å². The number of benzene rings is 1. The quantitative estimate of drug-likeness (QED) is 0.250. The van der Waals surface area contributed by atoms with Gasteiger partial charge < -0.3 is 44.3 Å². The number of likely N-dealkylation sites (tertiary alicyclic amines) is 1. The molecule has 1 saturated carbocycles. The van der Waals surface area contributed by atoms with Crippen LogP contribution in [-0.2, 0) is 33.4 Å². The molecule has 0 radical (unpaired) electrons. The molecule has 5 amide bonds. The molecule has 4 heterocycles. The minimum atomic E-state index is -1.12. The second kappa shape index (κ2) is 20.1. The third-order valence-corrected chi connectivity index (χ3v) is 11.1. The Balaban J connectivity index is 1.15. The molecule has 1 aromatic carbocycles. The van der Waals surface area contributed by atoms with Gasteiger partial charge in [-0.3, -0.25) is 28.9 Å². The highest BCUT2D eigenvalue weighted by Crippen LogP contribution is 2.28. The number of pyridine rings is 1. The van der Waals surface area contributed by atoms with Crippen molar-refractivity contribution in [2.75, 3.05) is 78.8 Å². The lowest BCUT2D eigenvalue weighted by atomic mass is 9.93. The van der Waals surface area contributed by atoms with Crippen LogP contribution in [-0.4, -0.2) is 163 Å². The standard InChI is InChI=1S/C41H57N7O10/c1-4-56-41(54)47-17-15-46(16-18-47)40(53)31(12-13-37(50)58-28(3)25-45-19-21-55-22-20-45)44-38(51)33-24-35(30-11-10-27(2)23-32(30)43-33)57-26-36(49)48-14-6-9-34(48)39(52)42-29-7-5-8-29/h10-11,23-24,28-29,31,34H,4-9,12-22,25-26H2,1-3H3,(H,42,52)(H,44,51)/t28?,31-,34-/m0/s1. The van der Waals surface area contributed by atoms with E-state index in [-0.39, 0.29) is 87.6 Å². The number of hydrogen-bond donors (Lipinski definition) is 2. The smallest absolute Gasteiger partial charge is 0.409 e. The molecule has 1 aromatic heterocycles. The van der Waals surface area contributed by atoms with Gasteiger partial charge in [-0.05, 0) is 77.0 Å². The van der Waals surface area contributed by atoms with E-state index in [4.69, 9.17) is 18.9 Å². The Kier molecular flexibility index (Phi) is 14.7. The number of fused-ring (bicyclic) bond motifs is 1. The van der Waals surface area contributed by atoms with Crippen molar-refractivity contribution in [1.29, 1.82) is 0 Å². The number of nitrogens with zero attached hydrogens (tertiary/aromatic N) is 5. The molecule has 3 aliphatic heterocycles. The number of amides is 5. The van der Waals surface area contributed by atoms with E-state index in [1.807, 2.05) is 19.9 Å². The molecule has 3 saturated heterocycles. The Morgan fingerprint density at radius 1 is 0.931 bits per heavy atom. The molecule has 0 bridgehead atoms. The van der Waals surface area contributed by atoms with Gasteiger partial charge >= 0.3 is 12.1 Å². The molecule has 4 aliphatic rings. The van der Waals surface area contributed by atoms with Gasteiger partial charge in [0.1, 0.15) is 29.6 Å². The number of aryl methyl sites for hydroxylation is 1. The van der Waals surface area contributed by atoms with E-state index in [2.05, 4.69) is 20.5 Å². The largest absolute Gasteiger partial charge is 0.483 e. The molecule has 3 atom stereocenters. The number of carbonyl (C=O) groups is 6. The molecule has 17 nitrogen and oxygen atoms in total. The zero-order chi connectivity index (χ0) is 41.2. The minimum Gasteiger partial charge on any atom is -0.483 e. The fourth-order valence-electron chi connectivity index (χ4n) is 7.72. The summed E-state index contributed by atoms with van der Waals surface area (Å²) >= 11 is 0. The maximum Gasteiger partial charge on any atom is 0.409 e. The van der Waals surface area contributed by atoms with Gasteiger partial charge in [-0.1, -0.05) is 6.07 Å². The molecule has 2 N–H and O–H groups in total. The van der Waals surface area contributed by atoms with Gasteiger partial charge in [0.05, 0.1) is 25.3 Å². The first-order valence-corrected chi connectivity index (χ1v) is 20.6. The summed E-state index contributed by atoms with van der Waals surface area (Å²) in [5, 5.41) is 6.45. The van der Waals surface area contributed by atoms with Crippen LogP contribution >= 0.6 is 0 Å². The first-order valence-electron chi connectivity index (χ1n) is 20.6. The lowest BCUT2D eigenvalue weighted by molar-refractivity contribution is -0.150. The molecule has 0 spiro atoms. The molecule has 17 heteroatoms. The molecule has 1 unspecified atom stereocenters. The lowest BCUT2D eigenvalue weighted by Crippen LogP contribution is -2.56. The van der Waals surface area contributed by atoms with Gasteiger partial charge in [-0.15, -0.1) is 0 Å². The summed E-state index contributed by atoms with van der Waals surface area (Å²) < 4.78 is 22.3. The van der Waals surface area contributed by atoms with E-state index < -0.39 is 36.0 Å². The second-order valence-corrected chi connectivity index (χ2v) is 15.5. The van der Waals surface area contributed by atoms with Gasteiger partial charge in [-0.2, -0.15) is 0 Å². The minimum absolute atomic E-state index is 0.0400. The number of hydrogen-bond acceptors (Lipinski definition) is 12. The molecule has 1 aliphatic carbocycles. The van der Waals surface area contributed by atoms with Crippen LogP contribution in [0.25, 0.3) is 10.9 Å². The topological polar surface area (TPSA) is 189 Å². The van der Waals surface area contributed by atoms with Crippen molar-refractivity contribution in [2.45, 2.75) is 89.9 Å². The molecule has 316 valence electrons. The van der Waals surface area contributed by atoms with E-state index in [0.717, 1.165) is 37.9 Å². The van der Waals surface area contributed by atoms with Crippen molar-refractivity contribution in [3.8, 4) is 5.75 Å². The normalized spacial score (nSPS) is 19.8. The maximum absolute atomic E-state index is 14.0. The van der Waals surface area contributed by atoms with E-state index >= 15 is 0 Å². The van der Waals surface area contributed by atoms with Crippen LogP contribution in [0.3, 0.4) is 0 Å². The van der Waals surface area contributed by atoms with Gasteiger partial charge in [-0.25, -0.2) is 9.78 Å². The second-order valence-electron chi connectivity index (χ2n) is 15.5. The predicted molar refractivity (Wildman–Crippen MR) is 211 cm³/mol. The number of aromatic nitrogens is 1. The van der Waals surface area contributed by atoms with E-state index in [1.165, 1.54) is 11.0 Å². The lowest BCUT2D eigenvalue weighted by Gasteiger charge is -2.36. The number of morpholine rings is 1. The molecular formula is C41H57N7O10. The van der Waals surface area contributed by atoms with Gasteiger partial charge in [0.2, 0.25) is 11.8 Å². The van der Waals surface area contributed by atoms with Gasteiger partial charge in [0, 0.05) is 76.3 Å². The number of piperazine rings is 1. The SMILES string of the molecule is CCOC(=O)N1CCN(C(=O)[C@H](CCC(=O)OC(C)CN2CCOCC2)NC(=O)c2cc(OCC(=O)N3CCC[C@H]3C(=O)NC3CCC3)c3ccc(C)cc3n2)CC1. The maximum atomic E-state index is 14.0. The van der Waals surface area contributed by atoms with Crippen molar-refractivity contribution in [2.24, 2.45) is 0 Å². The Bertz CT molecular complexity index is 1810. The van der Waals surface area contributed by atoms with Crippen molar-refractivity contribution in [1.82, 2.24) is 35.2 Å². The van der Waals surface area contributed by atoms with Crippen LogP contribution in [0.1, 0.15) is 74.8 Å². The van der Waals surface area contributed by atoms with Crippen LogP contribution in [0.15, 0.2) is 24.3 Å². The van der Waals surface area contributed by atoms with Crippen LogP contribution in [0.5, 0.6) is 5.75 Å². The number of ether oxygens (including phenoxy) is 4. The fraction of sp³-hybridized carbons (Fsp3) is 0.634. The summed E-state index contributed by atoms with van der Waals surface area (Å²) in [6.45, 7) is 9.97. The predicted octanol–water partition coefficient (Wildman–Crippen LogP) is 2.02. The van der Waals surface area contributed by atoms with E-state index in [1.54, 1.807) is 28.9 Å². The van der Waals surface area contributed by atoms with Gasteiger partial charge in [0.25, 0.3) is 11.8 Å². The first kappa shape index (κ1) is 42.6. The van der Waals surface area contributed by atoms with Crippen molar-refractivity contribution >= 4 is 46.6 Å². The number of rotatable bonds is 15. The highest BCUT2D eigenvalue weighted by atomic mass is 16.6. The summed E-state index contributed by atoms with van der Waals surface area (Å²) in [5.74, 6) is -1.82. The third kappa shape index (κ3) is 11.1. The first-order chi connectivity index (χ1) is 28.0. The summed E-state index contributed by atoms with van der Waals surface area (Å²) in [4.78, 5) is 91.3. The average molecular weight is 808 g/mol. The Morgan fingerprint density at radius 3 is 2.38 bits per heavy atom. The summed E-state index contributed by atoms with van der Waals surface area (Å²) in [6, 6.07) is 5.39. The zero-order valence-corrected chi connectivity index (χ0v) is 33.9. The van der Waals surface area contributed by atoms with Crippen LogP contribution in [0, 0.1) is 6.92 Å². The monoisotopic (exact) mass is 807 g/mol. The molecule has 6 rings (SSSR count). The van der Waals surface area contributed by atoms with Crippen molar-refractivity contribution in [3.63, 3.8) is 0 Å². The fourth-order valence-corrected chi connectivity index (χ4v) is 7.72. The van der Waals surface area contributed by atoms with Crippen molar-refractivity contribution in [3.05, 3.63) is 35.5 Å². The highest BCUT2D eigenvalue weighted by Gasteiger charge is 2.36. The Morgan fingerprint density at radius 2 is 1.67 bits per heavy atom. The number of esters is 1. The van der Waals surface area contributed by atoms with E-state index in [9.17, 15) is 28.8 Å². The number of nitrogens with one attached hydrogen (secondary N) is 2. The zero-order valence-electron chi connectivity index (χ0n) is 33.9. The van der Waals surface area contributed by atoms with Crippen LogP contribution in [0.4, 0.5) is 4.79 Å². The number of carbonyl (C=O) groups excluding carboxylic acids is 6. The van der Waals surface area contributed by atoms with Crippen LogP contribution in [0.2, 0.25) is 0 Å². The van der Waals surface area contributed by atoms with Gasteiger partial charge in [0.15, 0.2) is 6.61 Å². The summed E-state index contributed by atoms with van der Waals surface area (Å²) in [7, 11) is 0. The Hall–Kier alpha value is -5.03. The van der Waals surface area contributed by atoms with Crippen molar-refractivity contribution < 1.29 is 47.7 Å². The third-order valence-electron chi connectivity index (χ3n) is 11.1.